The van der Waals surface area contributed by atoms with Crippen molar-refractivity contribution in [2.45, 2.75) is 0 Å². The Kier molecular flexibility index (Phi) is 3.32. The molecule has 6 heteroatoms. The number of anilines is 1. The van der Waals surface area contributed by atoms with Crippen molar-refractivity contribution < 1.29 is 10.2 Å². The molecule has 0 unspecified atom stereocenters. The number of nitrogen functional groups attached to an aromatic ring is 1. The number of phenols is 2. The van der Waals surface area contributed by atoms with Crippen LogP contribution in [-0.4, -0.2) is 15.2 Å². The molecule has 0 radical (unpaired) electrons. The highest BCUT2D eigenvalue weighted by Crippen LogP contribution is 2.29. The van der Waals surface area contributed by atoms with Gasteiger partial charge in [-0.05, 0) is 23.8 Å². The quantitative estimate of drug-likeness (QED) is 0.487. The number of allylic oxidation sites excluding steroid dienone is 1. The molecular formula is C14H10N4O2. The second-order valence-corrected chi connectivity index (χ2v) is 4.02. The summed E-state index contributed by atoms with van der Waals surface area (Å²) in [6.07, 6.45) is 2.96. The molecule has 0 atom stereocenters. The number of phenolic OH excluding ortho intramolecular Hbond substituents is 2. The van der Waals surface area contributed by atoms with Crippen molar-refractivity contribution in [2.75, 3.05) is 5.73 Å². The summed E-state index contributed by atoms with van der Waals surface area (Å²) in [4.78, 5) is 2.68. The highest BCUT2D eigenvalue weighted by molar-refractivity contribution is 5.92. The predicted octanol–water partition coefficient (Wildman–Crippen LogP) is 1.94. The number of aromatic amines is 1. The number of aromatic hydroxyl groups is 2. The van der Waals surface area contributed by atoms with Crippen LogP contribution in [0.4, 0.5) is 5.82 Å². The zero-order valence-electron chi connectivity index (χ0n) is 10.3. The van der Waals surface area contributed by atoms with E-state index in [1.807, 2.05) is 12.1 Å². The number of hydrogen-bond acceptors (Lipinski definition) is 5. The molecule has 1 aromatic carbocycles. The molecule has 1 aromatic heterocycles. The normalized spacial score (nSPS) is 10.8. The first-order valence-electron chi connectivity index (χ1n) is 5.58. The van der Waals surface area contributed by atoms with E-state index >= 15 is 0 Å². The van der Waals surface area contributed by atoms with Crippen LogP contribution in [0.2, 0.25) is 0 Å². The third-order valence-electron chi connectivity index (χ3n) is 2.74. The molecule has 1 heterocycles. The third kappa shape index (κ3) is 2.26. The van der Waals surface area contributed by atoms with Gasteiger partial charge in [-0.3, -0.25) is 0 Å². The number of rotatable bonds is 2. The molecule has 2 aromatic rings. The minimum atomic E-state index is -0.287. The first-order chi connectivity index (χ1) is 9.56. The number of hydrogen-bond donors (Lipinski definition) is 4. The molecule has 0 aliphatic heterocycles. The summed E-state index contributed by atoms with van der Waals surface area (Å²) in [6.45, 7) is 0. The van der Waals surface area contributed by atoms with Crippen molar-refractivity contribution in [3.63, 3.8) is 0 Å². The van der Waals surface area contributed by atoms with Crippen LogP contribution >= 0.6 is 0 Å². The molecule has 0 amide bonds. The van der Waals surface area contributed by atoms with Gasteiger partial charge in [0, 0.05) is 11.8 Å². The van der Waals surface area contributed by atoms with E-state index in [4.69, 9.17) is 11.0 Å². The van der Waals surface area contributed by atoms with E-state index in [0.717, 1.165) is 0 Å². The Morgan fingerprint density at radius 1 is 1.25 bits per heavy atom. The lowest BCUT2D eigenvalue weighted by atomic mass is 10.0. The molecule has 0 spiro atoms. The van der Waals surface area contributed by atoms with Crippen LogP contribution in [0.25, 0.3) is 11.6 Å². The van der Waals surface area contributed by atoms with Crippen LogP contribution in [0, 0.1) is 22.7 Å². The average Bonchev–Trinajstić information content (AvgIpc) is 2.81. The number of nitriles is 2. The Hall–Kier alpha value is -3.38. The van der Waals surface area contributed by atoms with Gasteiger partial charge in [0.15, 0.2) is 11.5 Å². The van der Waals surface area contributed by atoms with Gasteiger partial charge in [-0.15, -0.1) is 0 Å². The van der Waals surface area contributed by atoms with E-state index in [0.29, 0.717) is 11.1 Å². The van der Waals surface area contributed by atoms with Crippen molar-refractivity contribution in [3.05, 3.63) is 41.1 Å². The van der Waals surface area contributed by atoms with Crippen molar-refractivity contribution >= 4 is 17.5 Å². The van der Waals surface area contributed by atoms with Crippen molar-refractivity contribution in [2.24, 2.45) is 0 Å². The molecule has 6 nitrogen and oxygen atoms in total. The van der Waals surface area contributed by atoms with Crippen LogP contribution in [0.5, 0.6) is 11.5 Å². The molecule has 0 bridgehead atoms. The van der Waals surface area contributed by atoms with E-state index in [9.17, 15) is 15.5 Å². The third-order valence-corrected chi connectivity index (χ3v) is 2.74. The van der Waals surface area contributed by atoms with Gasteiger partial charge in [-0.25, -0.2) is 0 Å². The fourth-order valence-electron chi connectivity index (χ4n) is 1.74. The fraction of sp³-hybridized carbons (Fsp3) is 0. The average molecular weight is 266 g/mol. The van der Waals surface area contributed by atoms with Gasteiger partial charge in [0.1, 0.15) is 17.5 Å². The highest BCUT2D eigenvalue weighted by Gasteiger charge is 2.13. The summed E-state index contributed by atoms with van der Waals surface area (Å²) < 4.78 is 0. The van der Waals surface area contributed by atoms with Gasteiger partial charge in [-0.1, -0.05) is 6.07 Å². The Morgan fingerprint density at radius 3 is 2.60 bits per heavy atom. The molecule has 5 N–H and O–H groups in total. The second-order valence-electron chi connectivity index (χ2n) is 4.02. The summed E-state index contributed by atoms with van der Waals surface area (Å²) >= 11 is 0. The van der Waals surface area contributed by atoms with Crippen LogP contribution in [0.3, 0.4) is 0 Å². The SMILES string of the molecule is N#C/C(=C/c1ccc(O)c(O)c1)c1c[nH]c(N)c1C#N. The number of nitrogens with one attached hydrogen (secondary N) is 1. The Bertz CT molecular complexity index is 775. The zero-order valence-corrected chi connectivity index (χ0v) is 10.3. The smallest absolute Gasteiger partial charge is 0.157 e. The van der Waals surface area contributed by atoms with Crippen LogP contribution in [0.1, 0.15) is 16.7 Å². The van der Waals surface area contributed by atoms with Crippen LogP contribution in [0.15, 0.2) is 24.4 Å². The standard InChI is InChI=1S/C14H10N4O2/c15-5-9(11-7-18-14(17)10(11)6-16)3-8-1-2-12(19)13(20)4-8/h1-4,7,18-20H,17H2/b9-3-. The Labute approximate surface area is 114 Å². The van der Waals surface area contributed by atoms with Crippen molar-refractivity contribution in [1.82, 2.24) is 4.98 Å². The maximum Gasteiger partial charge on any atom is 0.157 e. The minimum absolute atomic E-state index is 0.192. The summed E-state index contributed by atoms with van der Waals surface area (Å²) in [5, 5.41) is 36.9. The maximum absolute atomic E-state index is 9.42. The molecule has 98 valence electrons. The van der Waals surface area contributed by atoms with Crippen molar-refractivity contribution in [1.29, 1.82) is 10.5 Å². The monoisotopic (exact) mass is 266 g/mol. The van der Waals surface area contributed by atoms with Gasteiger partial charge in [0.2, 0.25) is 0 Å². The van der Waals surface area contributed by atoms with E-state index in [1.165, 1.54) is 30.5 Å². The summed E-state index contributed by atoms with van der Waals surface area (Å²) in [5.41, 5.74) is 6.91. The predicted molar refractivity (Wildman–Crippen MR) is 73.2 cm³/mol. The first-order valence-corrected chi connectivity index (χ1v) is 5.58. The second kappa shape index (κ2) is 5.09. The molecule has 0 aliphatic rings. The fourth-order valence-corrected chi connectivity index (χ4v) is 1.74. The molecule has 0 saturated carbocycles. The van der Waals surface area contributed by atoms with Crippen LogP contribution < -0.4 is 5.73 Å². The maximum atomic E-state index is 9.42. The Balaban J connectivity index is 2.52. The lowest BCUT2D eigenvalue weighted by Gasteiger charge is -2.00. The van der Waals surface area contributed by atoms with E-state index in [2.05, 4.69) is 4.98 Å². The largest absolute Gasteiger partial charge is 0.504 e. The van der Waals surface area contributed by atoms with E-state index < -0.39 is 0 Å². The van der Waals surface area contributed by atoms with E-state index in [1.54, 1.807) is 0 Å². The summed E-state index contributed by atoms with van der Waals surface area (Å²) in [7, 11) is 0. The van der Waals surface area contributed by atoms with Crippen molar-refractivity contribution in [3.8, 4) is 23.6 Å². The van der Waals surface area contributed by atoms with E-state index in [-0.39, 0.29) is 28.5 Å². The summed E-state index contributed by atoms with van der Waals surface area (Å²) in [6, 6.07) is 8.07. The molecule has 2 rings (SSSR count). The zero-order chi connectivity index (χ0) is 14.7. The van der Waals surface area contributed by atoms with Gasteiger partial charge in [0.05, 0.1) is 11.6 Å². The highest BCUT2D eigenvalue weighted by atomic mass is 16.3. The topological polar surface area (TPSA) is 130 Å². The first kappa shape index (κ1) is 13.1. The van der Waals surface area contributed by atoms with Crippen LogP contribution in [-0.2, 0) is 0 Å². The minimum Gasteiger partial charge on any atom is -0.504 e. The number of benzene rings is 1. The van der Waals surface area contributed by atoms with Gasteiger partial charge < -0.3 is 20.9 Å². The molecule has 0 fully saturated rings. The number of nitrogens with two attached hydrogens (primary N) is 1. The lowest BCUT2D eigenvalue weighted by molar-refractivity contribution is 0.403. The lowest BCUT2D eigenvalue weighted by Crippen LogP contribution is -1.89. The number of aromatic nitrogens is 1. The Morgan fingerprint density at radius 2 is 2.00 bits per heavy atom. The van der Waals surface area contributed by atoms with Gasteiger partial charge >= 0.3 is 0 Å². The number of nitrogens with zero attached hydrogens (tertiary/aromatic N) is 2. The number of H-pyrrole nitrogens is 1. The molecule has 20 heavy (non-hydrogen) atoms. The van der Waals surface area contributed by atoms with Gasteiger partial charge in [-0.2, -0.15) is 10.5 Å². The molecule has 0 saturated heterocycles. The summed E-state index contributed by atoms with van der Waals surface area (Å²) in [5.74, 6) is -0.341. The molecular weight excluding hydrogens is 256 g/mol. The van der Waals surface area contributed by atoms with Gasteiger partial charge in [0.25, 0.3) is 0 Å². The molecule has 0 aliphatic carbocycles.